The van der Waals surface area contributed by atoms with Crippen LogP contribution >= 0.6 is 12.2 Å². The second kappa shape index (κ2) is 6.57. The van der Waals surface area contributed by atoms with Crippen LogP contribution in [0.3, 0.4) is 0 Å². The second-order valence-electron chi connectivity index (χ2n) is 7.14. The second-order valence-corrected chi connectivity index (χ2v) is 7.53. The van der Waals surface area contributed by atoms with Crippen molar-refractivity contribution in [2.75, 3.05) is 0 Å². The van der Waals surface area contributed by atoms with Crippen LogP contribution in [-0.4, -0.2) is 20.7 Å². The van der Waals surface area contributed by atoms with Crippen LogP contribution in [0.1, 0.15) is 56.0 Å². The molecule has 1 amide bonds. The molecule has 2 aliphatic carbocycles. The van der Waals surface area contributed by atoms with E-state index in [-0.39, 0.29) is 18.0 Å². The smallest absolute Gasteiger partial charge is 0.231 e. The van der Waals surface area contributed by atoms with E-state index in [0.717, 1.165) is 31.7 Å². The average molecular weight is 378 g/mol. The van der Waals surface area contributed by atoms with E-state index in [1.807, 2.05) is 4.57 Å². The molecule has 0 atom stereocenters. The molecular weight excluding hydrogens is 358 g/mol. The van der Waals surface area contributed by atoms with E-state index in [4.69, 9.17) is 12.2 Å². The van der Waals surface area contributed by atoms with Crippen molar-refractivity contribution in [3.63, 3.8) is 0 Å². The molecular formula is C18H20F2N4OS. The Bertz CT molecular complexity index is 897. The average Bonchev–Trinajstić information content (AvgIpc) is 3.19. The Morgan fingerprint density at radius 1 is 1.35 bits per heavy atom. The first-order valence-electron chi connectivity index (χ1n) is 8.91. The number of H-pyrrole nitrogens is 1. The molecule has 0 aliphatic heterocycles. The van der Waals surface area contributed by atoms with Crippen molar-refractivity contribution in [1.29, 1.82) is 0 Å². The monoisotopic (exact) mass is 378 g/mol. The van der Waals surface area contributed by atoms with Gasteiger partial charge in [0.05, 0.1) is 12.0 Å². The van der Waals surface area contributed by atoms with Gasteiger partial charge >= 0.3 is 0 Å². The van der Waals surface area contributed by atoms with E-state index < -0.39 is 17.0 Å². The molecule has 1 aromatic carbocycles. The predicted molar refractivity (Wildman–Crippen MR) is 94.0 cm³/mol. The number of hydrogen-bond acceptors (Lipinski definition) is 3. The maximum absolute atomic E-state index is 14.4. The third-order valence-electron chi connectivity index (χ3n) is 5.44. The van der Waals surface area contributed by atoms with Gasteiger partial charge in [-0.1, -0.05) is 18.9 Å². The SMILES string of the molecule is O=C(NCc1n[nH]c(=S)n1C1CC1)C1(c2ccc(F)cc2F)CCCC1. The molecule has 138 valence electrons. The quantitative estimate of drug-likeness (QED) is 0.780. The molecule has 4 rings (SSSR count). The van der Waals surface area contributed by atoms with Gasteiger partial charge in [-0.15, -0.1) is 0 Å². The number of carbonyl (C=O) groups is 1. The minimum atomic E-state index is -0.949. The molecule has 5 nitrogen and oxygen atoms in total. The summed E-state index contributed by atoms with van der Waals surface area (Å²) in [6, 6.07) is 3.81. The fourth-order valence-electron chi connectivity index (χ4n) is 3.97. The molecule has 0 saturated heterocycles. The lowest BCUT2D eigenvalue weighted by atomic mass is 9.77. The lowest BCUT2D eigenvalue weighted by Gasteiger charge is -2.28. The molecule has 2 aromatic rings. The minimum absolute atomic E-state index is 0.229. The number of aromatic nitrogens is 3. The van der Waals surface area contributed by atoms with Crippen LogP contribution in [0.25, 0.3) is 0 Å². The van der Waals surface area contributed by atoms with Crippen LogP contribution in [0.15, 0.2) is 18.2 Å². The van der Waals surface area contributed by atoms with Gasteiger partial charge < -0.3 is 5.32 Å². The largest absolute Gasteiger partial charge is 0.348 e. The van der Waals surface area contributed by atoms with Crippen molar-refractivity contribution >= 4 is 18.1 Å². The van der Waals surface area contributed by atoms with Gasteiger partial charge in [-0.2, -0.15) is 5.10 Å². The summed E-state index contributed by atoms with van der Waals surface area (Å²) in [7, 11) is 0. The summed E-state index contributed by atoms with van der Waals surface area (Å²) in [5.74, 6) is -0.863. The molecule has 0 bridgehead atoms. The van der Waals surface area contributed by atoms with Crippen molar-refractivity contribution in [2.24, 2.45) is 0 Å². The molecule has 0 radical (unpaired) electrons. The van der Waals surface area contributed by atoms with E-state index in [1.54, 1.807) is 0 Å². The molecule has 0 spiro atoms. The third-order valence-corrected chi connectivity index (χ3v) is 5.72. The molecule has 2 fully saturated rings. The number of nitrogens with one attached hydrogen (secondary N) is 2. The van der Waals surface area contributed by atoms with Gasteiger partial charge in [0, 0.05) is 17.7 Å². The van der Waals surface area contributed by atoms with Crippen molar-refractivity contribution in [2.45, 2.75) is 56.5 Å². The molecule has 1 heterocycles. The summed E-state index contributed by atoms with van der Waals surface area (Å²) in [6.07, 6.45) is 4.89. The lowest BCUT2D eigenvalue weighted by Crippen LogP contribution is -2.43. The number of benzene rings is 1. The Labute approximate surface area is 154 Å². The van der Waals surface area contributed by atoms with Gasteiger partial charge in [0.1, 0.15) is 11.6 Å². The first-order chi connectivity index (χ1) is 12.5. The number of halogens is 2. The molecule has 2 N–H and O–H groups in total. The fourth-order valence-corrected chi connectivity index (χ4v) is 4.27. The van der Waals surface area contributed by atoms with Crippen LogP contribution in [0, 0.1) is 16.4 Å². The normalized spacial score (nSPS) is 18.8. The molecule has 2 saturated carbocycles. The maximum Gasteiger partial charge on any atom is 0.231 e. The predicted octanol–water partition coefficient (Wildman–Crippen LogP) is 3.68. The van der Waals surface area contributed by atoms with Crippen molar-refractivity contribution in [3.8, 4) is 0 Å². The van der Waals surface area contributed by atoms with Crippen molar-refractivity contribution in [1.82, 2.24) is 20.1 Å². The Kier molecular flexibility index (Phi) is 4.38. The summed E-state index contributed by atoms with van der Waals surface area (Å²) in [4.78, 5) is 13.0. The molecule has 2 aliphatic rings. The standard InChI is InChI=1S/C18H20F2N4OS/c19-11-3-6-13(14(20)9-11)18(7-1-2-8-18)16(25)21-10-15-22-23-17(26)24(15)12-4-5-12/h3,6,9,12H,1-2,4-5,7-8,10H2,(H,21,25)(H,23,26). The summed E-state index contributed by atoms with van der Waals surface area (Å²) >= 11 is 5.25. The third kappa shape index (κ3) is 2.96. The molecule has 0 unspecified atom stereocenters. The minimum Gasteiger partial charge on any atom is -0.348 e. The lowest BCUT2D eigenvalue weighted by molar-refractivity contribution is -0.127. The Morgan fingerprint density at radius 2 is 2.08 bits per heavy atom. The van der Waals surface area contributed by atoms with Crippen molar-refractivity contribution < 1.29 is 13.6 Å². The number of amides is 1. The zero-order chi connectivity index (χ0) is 18.3. The van der Waals surface area contributed by atoms with Crippen LogP contribution in [0.2, 0.25) is 0 Å². The van der Waals surface area contributed by atoms with E-state index in [9.17, 15) is 13.6 Å². The summed E-state index contributed by atoms with van der Waals surface area (Å²) in [5.41, 5.74) is -0.676. The Balaban J connectivity index is 1.58. The van der Waals surface area contributed by atoms with Crippen LogP contribution in [0.4, 0.5) is 8.78 Å². The van der Waals surface area contributed by atoms with Gasteiger partial charge in [0.25, 0.3) is 0 Å². The van der Waals surface area contributed by atoms with Crippen molar-refractivity contribution in [3.05, 3.63) is 46.0 Å². The fraction of sp³-hybridized carbons (Fsp3) is 0.500. The van der Waals surface area contributed by atoms with Crippen LogP contribution < -0.4 is 5.32 Å². The first kappa shape index (κ1) is 17.3. The maximum atomic E-state index is 14.4. The zero-order valence-corrected chi connectivity index (χ0v) is 15.0. The first-order valence-corrected chi connectivity index (χ1v) is 9.32. The van der Waals surface area contributed by atoms with Crippen LogP contribution in [0.5, 0.6) is 0 Å². The van der Waals surface area contributed by atoms with E-state index in [0.29, 0.717) is 29.5 Å². The van der Waals surface area contributed by atoms with E-state index >= 15 is 0 Å². The van der Waals surface area contributed by atoms with Gasteiger partial charge in [-0.05, 0) is 44.0 Å². The van der Waals surface area contributed by atoms with Gasteiger partial charge in [-0.3, -0.25) is 14.5 Å². The number of carbonyl (C=O) groups excluding carboxylic acids is 1. The highest BCUT2D eigenvalue weighted by Crippen LogP contribution is 2.42. The number of aromatic amines is 1. The van der Waals surface area contributed by atoms with Gasteiger partial charge in [0.2, 0.25) is 5.91 Å². The van der Waals surface area contributed by atoms with Gasteiger partial charge in [0.15, 0.2) is 10.6 Å². The topological polar surface area (TPSA) is 62.7 Å². The molecule has 8 heteroatoms. The Morgan fingerprint density at radius 3 is 2.73 bits per heavy atom. The van der Waals surface area contributed by atoms with E-state index in [1.165, 1.54) is 12.1 Å². The molecule has 26 heavy (non-hydrogen) atoms. The number of hydrogen-bond donors (Lipinski definition) is 2. The highest BCUT2D eigenvalue weighted by Gasteiger charge is 2.44. The van der Waals surface area contributed by atoms with Gasteiger partial charge in [-0.25, -0.2) is 8.78 Å². The summed E-state index contributed by atoms with van der Waals surface area (Å²) < 4.78 is 30.2. The zero-order valence-electron chi connectivity index (χ0n) is 14.2. The number of rotatable bonds is 5. The Hall–Kier alpha value is -2.09. The molecule has 1 aromatic heterocycles. The summed E-state index contributed by atoms with van der Waals surface area (Å²) in [6.45, 7) is 0.229. The van der Waals surface area contributed by atoms with Crippen LogP contribution in [-0.2, 0) is 16.8 Å². The summed E-state index contributed by atoms with van der Waals surface area (Å²) in [5, 5.41) is 9.89. The highest BCUT2D eigenvalue weighted by molar-refractivity contribution is 7.71. The van der Waals surface area contributed by atoms with E-state index in [2.05, 4.69) is 15.5 Å². The highest BCUT2D eigenvalue weighted by atomic mass is 32.1. The number of nitrogens with zero attached hydrogens (tertiary/aromatic N) is 2.